The van der Waals surface area contributed by atoms with Crippen LogP contribution in [0.15, 0.2) is 12.1 Å². The lowest BCUT2D eigenvalue weighted by molar-refractivity contribution is -0.120. The molecule has 2 N–H and O–H groups in total. The van der Waals surface area contributed by atoms with Gasteiger partial charge in [-0.25, -0.2) is 9.78 Å². The molecule has 0 bridgehead atoms. The summed E-state index contributed by atoms with van der Waals surface area (Å²) >= 11 is 0. The zero-order chi connectivity index (χ0) is 14.6. The van der Waals surface area contributed by atoms with Crippen LogP contribution in [0.4, 0.5) is 19.0 Å². The van der Waals surface area contributed by atoms with Gasteiger partial charge in [0.1, 0.15) is 12.4 Å². The second-order valence-electron chi connectivity index (χ2n) is 3.87. The predicted molar refractivity (Wildman–Crippen MR) is 61.3 cm³/mol. The Morgan fingerprint density at radius 2 is 2.05 bits per heavy atom. The van der Waals surface area contributed by atoms with Crippen LogP contribution in [0.2, 0.25) is 0 Å². The lowest BCUT2D eigenvalue weighted by Gasteiger charge is -2.24. The van der Waals surface area contributed by atoms with Crippen molar-refractivity contribution in [2.75, 3.05) is 24.6 Å². The minimum Gasteiger partial charge on any atom is -0.478 e. The van der Waals surface area contributed by atoms with E-state index in [1.807, 2.05) is 0 Å². The minimum atomic E-state index is -4.43. The molecule has 5 nitrogen and oxygen atoms in total. The van der Waals surface area contributed by atoms with Crippen LogP contribution in [-0.4, -0.2) is 47.0 Å². The maximum atomic E-state index is 12.4. The van der Waals surface area contributed by atoms with Crippen molar-refractivity contribution >= 4 is 11.8 Å². The fourth-order valence-corrected chi connectivity index (χ4v) is 1.56. The molecule has 1 rings (SSSR count). The molecule has 0 aliphatic heterocycles. The molecule has 1 heterocycles. The number of hydrogen-bond donors (Lipinski definition) is 2. The van der Waals surface area contributed by atoms with Crippen LogP contribution >= 0.6 is 0 Å². The molecule has 0 atom stereocenters. The molecule has 0 unspecified atom stereocenters. The molecule has 1 aromatic heterocycles. The van der Waals surface area contributed by atoms with Crippen LogP contribution in [-0.2, 0) is 0 Å². The van der Waals surface area contributed by atoms with Gasteiger partial charge in [-0.2, -0.15) is 13.2 Å². The molecule has 0 aliphatic carbocycles. The summed E-state index contributed by atoms with van der Waals surface area (Å²) in [5, 5.41) is 17.6. The quantitative estimate of drug-likeness (QED) is 0.852. The van der Waals surface area contributed by atoms with Gasteiger partial charge in [0.15, 0.2) is 0 Å². The maximum Gasteiger partial charge on any atom is 0.405 e. The summed E-state index contributed by atoms with van der Waals surface area (Å²) in [5.74, 6) is -1.21. The molecule has 0 fully saturated rings. The highest BCUT2D eigenvalue weighted by Gasteiger charge is 2.31. The first-order chi connectivity index (χ1) is 8.74. The van der Waals surface area contributed by atoms with Gasteiger partial charge < -0.3 is 15.1 Å². The van der Waals surface area contributed by atoms with Crippen LogP contribution in [0, 0.1) is 6.92 Å². The molecular weight excluding hydrogens is 265 g/mol. The van der Waals surface area contributed by atoms with E-state index in [0.29, 0.717) is 0 Å². The Balaban J connectivity index is 3.03. The Hall–Kier alpha value is -1.83. The van der Waals surface area contributed by atoms with Crippen molar-refractivity contribution in [3.63, 3.8) is 0 Å². The number of carboxylic acids is 1. The number of alkyl halides is 3. The van der Waals surface area contributed by atoms with E-state index in [2.05, 4.69) is 4.98 Å². The van der Waals surface area contributed by atoms with E-state index in [1.54, 1.807) is 0 Å². The third-order valence-corrected chi connectivity index (χ3v) is 2.37. The standard InChI is InChI=1S/C11H13F3N2O3/c1-7-8(10(18)19)2-3-9(15-7)16(4-5-17)6-11(12,13)14/h2-3,17H,4-6H2,1H3,(H,18,19). The molecule has 19 heavy (non-hydrogen) atoms. The number of carboxylic acid groups (broad SMARTS) is 1. The summed E-state index contributed by atoms with van der Waals surface area (Å²) in [6.45, 7) is -0.556. The van der Waals surface area contributed by atoms with Gasteiger partial charge in [-0.15, -0.1) is 0 Å². The van der Waals surface area contributed by atoms with E-state index in [-0.39, 0.29) is 23.6 Å². The second-order valence-corrected chi connectivity index (χ2v) is 3.87. The van der Waals surface area contributed by atoms with E-state index in [0.717, 1.165) is 4.90 Å². The van der Waals surface area contributed by atoms with E-state index < -0.39 is 25.3 Å². The number of anilines is 1. The van der Waals surface area contributed by atoms with Gasteiger partial charge >= 0.3 is 12.1 Å². The lowest BCUT2D eigenvalue weighted by Crippen LogP contribution is -2.37. The average molecular weight is 278 g/mol. The molecule has 0 radical (unpaired) electrons. The number of aromatic nitrogens is 1. The number of carbonyl (C=O) groups is 1. The number of aliphatic hydroxyl groups is 1. The van der Waals surface area contributed by atoms with Crippen LogP contribution in [0.5, 0.6) is 0 Å². The van der Waals surface area contributed by atoms with Gasteiger partial charge in [0.2, 0.25) is 0 Å². The number of halogens is 3. The Labute approximate surface area is 107 Å². The van der Waals surface area contributed by atoms with Gasteiger partial charge in [0, 0.05) is 6.54 Å². The van der Waals surface area contributed by atoms with Crippen LogP contribution in [0.3, 0.4) is 0 Å². The number of nitrogens with zero attached hydrogens (tertiary/aromatic N) is 2. The van der Waals surface area contributed by atoms with Gasteiger partial charge in [-0.1, -0.05) is 0 Å². The number of pyridine rings is 1. The number of hydrogen-bond acceptors (Lipinski definition) is 4. The fourth-order valence-electron chi connectivity index (χ4n) is 1.56. The Bertz CT molecular complexity index is 463. The second kappa shape index (κ2) is 5.87. The smallest absolute Gasteiger partial charge is 0.405 e. The normalized spacial score (nSPS) is 11.4. The zero-order valence-electron chi connectivity index (χ0n) is 10.1. The zero-order valence-corrected chi connectivity index (χ0v) is 10.1. The van der Waals surface area contributed by atoms with Crippen LogP contribution in [0.25, 0.3) is 0 Å². The van der Waals surface area contributed by atoms with Crippen LogP contribution < -0.4 is 4.90 Å². The highest BCUT2D eigenvalue weighted by Crippen LogP contribution is 2.21. The maximum absolute atomic E-state index is 12.4. The van der Waals surface area contributed by atoms with Gasteiger partial charge in [0.25, 0.3) is 0 Å². The van der Waals surface area contributed by atoms with Crippen molar-refractivity contribution < 1.29 is 28.2 Å². The van der Waals surface area contributed by atoms with E-state index in [9.17, 15) is 18.0 Å². The van der Waals surface area contributed by atoms with Gasteiger partial charge in [-0.3, -0.25) is 0 Å². The van der Waals surface area contributed by atoms with Crippen molar-refractivity contribution in [1.82, 2.24) is 4.98 Å². The van der Waals surface area contributed by atoms with E-state index >= 15 is 0 Å². The summed E-state index contributed by atoms with van der Waals surface area (Å²) in [6, 6.07) is 2.39. The molecule has 0 saturated heterocycles. The number of aromatic carboxylic acids is 1. The first-order valence-corrected chi connectivity index (χ1v) is 5.38. The number of rotatable bonds is 5. The highest BCUT2D eigenvalue weighted by atomic mass is 19.4. The Morgan fingerprint density at radius 3 is 2.47 bits per heavy atom. The summed E-state index contributed by atoms with van der Waals surface area (Å²) in [4.78, 5) is 15.5. The van der Waals surface area contributed by atoms with Gasteiger partial charge in [-0.05, 0) is 19.1 Å². The predicted octanol–water partition coefficient (Wildman–Crippen LogP) is 1.45. The van der Waals surface area contributed by atoms with Crippen molar-refractivity contribution in [3.8, 4) is 0 Å². The first-order valence-electron chi connectivity index (χ1n) is 5.38. The third kappa shape index (κ3) is 4.40. The molecule has 0 aromatic carbocycles. The average Bonchev–Trinajstić information content (AvgIpc) is 2.26. The molecule has 0 amide bonds. The molecule has 8 heteroatoms. The third-order valence-electron chi connectivity index (χ3n) is 2.37. The summed E-state index contributed by atoms with van der Waals surface area (Å²) in [5.41, 5.74) is 0.0508. The van der Waals surface area contributed by atoms with Crippen molar-refractivity contribution in [2.45, 2.75) is 13.1 Å². The molecule has 0 aliphatic rings. The molecular formula is C11H13F3N2O3. The first kappa shape index (κ1) is 15.2. The van der Waals surface area contributed by atoms with Crippen molar-refractivity contribution in [3.05, 3.63) is 23.4 Å². The summed E-state index contributed by atoms with van der Waals surface area (Å²) < 4.78 is 37.1. The highest BCUT2D eigenvalue weighted by molar-refractivity contribution is 5.89. The number of aliphatic hydroxyl groups excluding tert-OH is 1. The topological polar surface area (TPSA) is 73.7 Å². The minimum absolute atomic E-state index is 0.0196. The Kier molecular flexibility index (Phi) is 4.71. The molecule has 0 saturated carbocycles. The number of aryl methyl sites for hydroxylation is 1. The molecule has 106 valence electrons. The lowest BCUT2D eigenvalue weighted by atomic mass is 10.2. The molecule has 0 spiro atoms. The van der Waals surface area contributed by atoms with Crippen molar-refractivity contribution in [1.29, 1.82) is 0 Å². The van der Waals surface area contributed by atoms with E-state index in [1.165, 1.54) is 19.1 Å². The largest absolute Gasteiger partial charge is 0.478 e. The summed E-state index contributed by atoms with van der Waals surface area (Å²) in [7, 11) is 0. The van der Waals surface area contributed by atoms with Crippen LogP contribution in [0.1, 0.15) is 16.1 Å². The monoisotopic (exact) mass is 278 g/mol. The SMILES string of the molecule is Cc1nc(N(CCO)CC(F)(F)F)ccc1C(=O)O. The van der Waals surface area contributed by atoms with E-state index in [4.69, 9.17) is 10.2 Å². The molecule has 1 aromatic rings. The fraction of sp³-hybridized carbons (Fsp3) is 0.455. The Morgan fingerprint density at radius 1 is 1.42 bits per heavy atom. The van der Waals surface area contributed by atoms with Gasteiger partial charge in [0.05, 0.1) is 17.9 Å². The summed E-state index contributed by atoms with van der Waals surface area (Å²) in [6.07, 6.45) is -4.43. The van der Waals surface area contributed by atoms with Crippen molar-refractivity contribution in [2.24, 2.45) is 0 Å².